The lowest BCUT2D eigenvalue weighted by atomic mass is 10.1. The van der Waals surface area contributed by atoms with Crippen LogP contribution >= 0.6 is 0 Å². The van der Waals surface area contributed by atoms with Gasteiger partial charge in [-0.15, -0.1) is 0 Å². The van der Waals surface area contributed by atoms with E-state index in [9.17, 15) is 4.79 Å². The Kier molecular flexibility index (Phi) is 2.46. The first-order chi connectivity index (χ1) is 7.18. The van der Waals surface area contributed by atoms with E-state index in [1.807, 2.05) is 30.3 Å². The van der Waals surface area contributed by atoms with Crippen molar-refractivity contribution in [3.63, 3.8) is 0 Å². The molecule has 0 N–H and O–H groups in total. The third kappa shape index (κ3) is 1.86. The Bertz CT molecular complexity index is 421. The zero-order valence-electron chi connectivity index (χ0n) is 8.86. The molecule has 0 spiro atoms. The number of hydrogen-bond acceptors (Lipinski definition) is 2. The number of fused-ring (bicyclic) bond motifs is 1. The van der Waals surface area contributed by atoms with Gasteiger partial charge in [-0.25, -0.2) is 0 Å². The number of likely N-dealkylation sites (N-methyl/N-ethyl adjacent to an activating group) is 1. The van der Waals surface area contributed by atoms with Crippen LogP contribution in [0.4, 0.5) is 0 Å². The maximum atomic E-state index is 11.7. The molecule has 1 amide bonds. The maximum absolute atomic E-state index is 11.7. The quantitative estimate of drug-likeness (QED) is 0.693. The molecule has 3 nitrogen and oxygen atoms in total. The number of carbonyl (C=O) groups excluding carboxylic acids is 1. The van der Waals surface area contributed by atoms with Gasteiger partial charge in [-0.3, -0.25) is 4.79 Å². The van der Waals surface area contributed by atoms with Gasteiger partial charge in [0, 0.05) is 19.7 Å². The second-order valence-corrected chi connectivity index (χ2v) is 3.70. The highest BCUT2D eigenvalue weighted by Gasteiger charge is 2.17. The van der Waals surface area contributed by atoms with Crippen molar-refractivity contribution in [3.05, 3.63) is 35.4 Å². The van der Waals surface area contributed by atoms with E-state index in [-0.39, 0.29) is 5.91 Å². The smallest absolute Gasteiger partial charge is 0.252 e. The average molecular weight is 203 g/mol. The van der Waals surface area contributed by atoms with E-state index in [2.05, 4.69) is 0 Å². The summed E-state index contributed by atoms with van der Waals surface area (Å²) in [6, 6.07) is 7.70. The van der Waals surface area contributed by atoms with Crippen molar-refractivity contribution >= 4 is 12.0 Å². The van der Waals surface area contributed by atoms with E-state index in [1.54, 1.807) is 19.0 Å². The molecule has 0 unspecified atom stereocenters. The van der Waals surface area contributed by atoms with Gasteiger partial charge in [0.2, 0.25) is 0 Å². The lowest BCUT2D eigenvalue weighted by Crippen LogP contribution is -2.27. The third-order valence-electron chi connectivity index (χ3n) is 2.31. The molecule has 1 heterocycles. The number of rotatable bonds is 1. The summed E-state index contributed by atoms with van der Waals surface area (Å²) in [6.45, 7) is 0.355. The average Bonchev–Trinajstić information content (AvgIpc) is 2.27. The number of carbonyl (C=O) groups is 1. The van der Waals surface area contributed by atoms with E-state index >= 15 is 0 Å². The second kappa shape index (κ2) is 3.77. The highest BCUT2D eigenvalue weighted by Crippen LogP contribution is 2.25. The molecule has 0 saturated carbocycles. The molecule has 1 aromatic rings. The monoisotopic (exact) mass is 203 g/mol. The van der Waals surface area contributed by atoms with Crippen LogP contribution in [0.15, 0.2) is 29.8 Å². The Morgan fingerprint density at radius 2 is 2.07 bits per heavy atom. The summed E-state index contributed by atoms with van der Waals surface area (Å²) in [6.07, 6.45) is 1.89. The van der Waals surface area contributed by atoms with Crippen LogP contribution in [0.5, 0.6) is 5.75 Å². The summed E-state index contributed by atoms with van der Waals surface area (Å²) >= 11 is 0. The summed E-state index contributed by atoms with van der Waals surface area (Å²) in [7, 11) is 3.48. The minimum absolute atomic E-state index is 0.00417. The summed E-state index contributed by atoms with van der Waals surface area (Å²) in [5, 5.41) is 0. The predicted octanol–water partition coefficient (Wildman–Crippen LogP) is 1.55. The number of amides is 1. The molecule has 1 aromatic carbocycles. The molecule has 3 heteroatoms. The van der Waals surface area contributed by atoms with E-state index < -0.39 is 0 Å². The number of ether oxygens (including phenoxy) is 1. The Morgan fingerprint density at radius 3 is 2.80 bits per heavy atom. The van der Waals surface area contributed by atoms with E-state index in [0.29, 0.717) is 12.2 Å². The molecule has 78 valence electrons. The lowest BCUT2D eigenvalue weighted by Gasteiger charge is -2.19. The highest BCUT2D eigenvalue weighted by atomic mass is 16.5. The minimum Gasteiger partial charge on any atom is -0.488 e. The molecule has 0 bridgehead atoms. The molecule has 0 atom stereocenters. The van der Waals surface area contributed by atoms with Crippen molar-refractivity contribution in [2.24, 2.45) is 0 Å². The molecule has 0 aromatic heterocycles. The van der Waals surface area contributed by atoms with Gasteiger partial charge in [-0.1, -0.05) is 18.2 Å². The molecule has 0 aliphatic carbocycles. The van der Waals surface area contributed by atoms with Gasteiger partial charge in [0.15, 0.2) is 0 Å². The van der Waals surface area contributed by atoms with Crippen molar-refractivity contribution in [2.75, 3.05) is 20.7 Å². The number of para-hydroxylation sites is 1. The van der Waals surface area contributed by atoms with Crippen molar-refractivity contribution in [3.8, 4) is 5.75 Å². The Balaban J connectivity index is 2.33. The van der Waals surface area contributed by atoms with Gasteiger partial charge >= 0.3 is 0 Å². The van der Waals surface area contributed by atoms with Gasteiger partial charge in [0.1, 0.15) is 12.4 Å². The maximum Gasteiger partial charge on any atom is 0.252 e. The van der Waals surface area contributed by atoms with E-state index in [0.717, 1.165) is 11.3 Å². The zero-order valence-corrected chi connectivity index (χ0v) is 8.86. The van der Waals surface area contributed by atoms with Crippen LogP contribution in [0.3, 0.4) is 0 Å². The third-order valence-corrected chi connectivity index (χ3v) is 2.31. The van der Waals surface area contributed by atoms with E-state index in [1.165, 1.54) is 0 Å². The Hall–Kier alpha value is -1.77. The first kappa shape index (κ1) is 9.77. The fourth-order valence-corrected chi connectivity index (χ4v) is 1.53. The molecular weight excluding hydrogens is 190 g/mol. The Morgan fingerprint density at radius 1 is 1.33 bits per heavy atom. The first-order valence-corrected chi connectivity index (χ1v) is 4.82. The normalized spacial score (nSPS) is 13.6. The molecule has 2 rings (SSSR count). The zero-order chi connectivity index (χ0) is 10.8. The predicted molar refractivity (Wildman–Crippen MR) is 58.6 cm³/mol. The fraction of sp³-hybridized carbons (Fsp3) is 0.250. The van der Waals surface area contributed by atoms with Crippen LogP contribution < -0.4 is 4.74 Å². The summed E-state index contributed by atoms with van der Waals surface area (Å²) < 4.78 is 5.49. The lowest BCUT2D eigenvalue weighted by molar-refractivity contribution is -0.125. The van der Waals surface area contributed by atoms with Crippen LogP contribution in [0, 0.1) is 0 Å². The van der Waals surface area contributed by atoms with Gasteiger partial charge < -0.3 is 9.64 Å². The number of benzene rings is 1. The van der Waals surface area contributed by atoms with Crippen LogP contribution in [0.1, 0.15) is 5.56 Å². The summed E-state index contributed by atoms with van der Waals surface area (Å²) in [5.41, 5.74) is 1.66. The van der Waals surface area contributed by atoms with E-state index in [4.69, 9.17) is 4.74 Å². The van der Waals surface area contributed by atoms with Crippen molar-refractivity contribution in [1.29, 1.82) is 0 Å². The number of hydrogen-bond donors (Lipinski definition) is 0. The van der Waals surface area contributed by atoms with Gasteiger partial charge in [0.25, 0.3) is 5.91 Å². The first-order valence-electron chi connectivity index (χ1n) is 4.82. The number of nitrogens with zero attached hydrogens (tertiary/aromatic N) is 1. The molecule has 0 saturated heterocycles. The molecule has 1 aliphatic heterocycles. The van der Waals surface area contributed by atoms with Crippen LogP contribution in [0.2, 0.25) is 0 Å². The van der Waals surface area contributed by atoms with Gasteiger partial charge in [-0.05, 0) is 12.1 Å². The second-order valence-electron chi connectivity index (χ2n) is 3.70. The molecule has 1 aliphatic rings. The van der Waals surface area contributed by atoms with Crippen molar-refractivity contribution in [2.45, 2.75) is 0 Å². The van der Waals surface area contributed by atoms with Crippen molar-refractivity contribution in [1.82, 2.24) is 4.90 Å². The van der Waals surface area contributed by atoms with Gasteiger partial charge in [-0.2, -0.15) is 0 Å². The largest absolute Gasteiger partial charge is 0.488 e. The van der Waals surface area contributed by atoms with Gasteiger partial charge in [0.05, 0.1) is 5.57 Å². The highest BCUT2D eigenvalue weighted by molar-refractivity contribution is 5.98. The fourth-order valence-electron chi connectivity index (χ4n) is 1.53. The Labute approximate surface area is 89.0 Å². The van der Waals surface area contributed by atoms with Crippen LogP contribution in [0.25, 0.3) is 6.08 Å². The SMILES string of the molecule is CN(C)C(=O)C1=Cc2ccccc2OC1. The molecule has 15 heavy (non-hydrogen) atoms. The molecular formula is C12H13NO2. The minimum atomic E-state index is 0.00417. The molecule has 0 fully saturated rings. The topological polar surface area (TPSA) is 29.5 Å². The summed E-state index contributed by atoms with van der Waals surface area (Å²) in [5.74, 6) is 0.845. The van der Waals surface area contributed by atoms with Crippen LogP contribution in [-0.4, -0.2) is 31.5 Å². The summed E-state index contributed by atoms with van der Waals surface area (Å²) in [4.78, 5) is 13.2. The molecule has 0 radical (unpaired) electrons. The standard InChI is InChI=1S/C12H13NO2/c1-13(2)12(14)10-7-9-5-3-4-6-11(9)15-8-10/h3-7H,8H2,1-2H3. The van der Waals surface area contributed by atoms with Crippen molar-refractivity contribution < 1.29 is 9.53 Å². The van der Waals surface area contributed by atoms with Crippen LogP contribution in [-0.2, 0) is 4.79 Å².